The third kappa shape index (κ3) is 5.74. The van der Waals surface area contributed by atoms with Crippen LogP contribution in [0.3, 0.4) is 0 Å². The number of aryl methyl sites for hydroxylation is 1. The average Bonchev–Trinajstić information content (AvgIpc) is 3.38. The van der Waals surface area contributed by atoms with E-state index >= 15 is 0 Å². The lowest BCUT2D eigenvalue weighted by atomic mass is 10.1. The first-order valence-corrected chi connectivity index (χ1v) is 14.1. The highest BCUT2D eigenvalue weighted by Crippen LogP contribution is 2.30. The van der Waals surface area contributed by atoms with Gasteiger partial charge in [-0.25, -0.2) is 22.4 Å². The number of aromatic nitrogens is 3. The van der Waals surface area contributed by atoms with Gasteiger partial charge in [0.1, 0.15) is 12.1 Å². The Labute approximate surface area is 229 Å². The van der Waals surface area contributed by atoms with Gasteiger partial charge in [-0.1, -0.05) is 17.7 Å². The number of halogens is 3. The molecule has 3 heterocycles. The van der Waals surface area contributed by atoms with E-state index in [1.54, 1.807) is 35.2 Å². The summed E-state index contributed by atoms with van der Waals surface area (Å²) in [5.41, 5.74) is 0.848. The van der Waals surface area contributed by atoms with Crippen molar-refractivity contribution < 1.29 is 26.4 Å². The van der Waals surface area contributed by atoms with E-state index in [0.29, 0.717) is 30.0 Å². The summed E-state index contributed by atoms with van der Waals surface area (Å²) in [5.74, 6) is 0.277. The van der Waals surface area contributed by atoms with Crippen LogP contribution in [0.25, 0.3) is 11.0 Å². The minimum absolute atomic E-state index is 0.0600. The van der Waals surface area contributed by atoms with Crippen molar-refractivity contribution in [2.45, 2.75) is 36.9 Å². The van der Waals surface area contributed by atoms with Crippen LogP contribution in [0.4, 0.5) is 24.7 Å². The van der Waals surface area contributed by atoms with Gasteiger partial charge in [-0.3, -0.25) is 4.79 Å². The number of alkyl halides is 3. The lowest BCUT2D eigenvalue weighted by Crippen LogP contribution is -2.47. The lowest BCUT2D eigenvalue weighted by molar-refractivity contribution is -0.137. The van der Waals surface area contributed by atoms with Gasteiger partial charge in [-0.05, 0) is 62.2 Å². The molecule has 4 aromatic rings. The van der Waals surface area contributed by atoms with E-state index < -0.39 is 21.8 Å². The number of benzene rings is 2. The van der Waals surface area contributed by atoms with Gasteiger partial charge in [-0.2, -0.15) is 13.2 Å². The number of carbonyl (C=O) groups excluding carboxylic acids is 1. The zero-order chi connectivity index (χ0) is 28.5. The highest BCUT2D eigenvalue weighted by Gasteiger charge is 2.30. The number of carbonyl (C=O) groups is 1. The van der Waals surface area contributed by atoms with Crippen LogP contribution in [-0.4, -0.2) is 58.8 Å². The number of nitrogens with one attached hydrogen (secondary N) is 2. The molecule has 2 aromatic heterocycles. The van der Waals surface area contributed by atoms with E-state index in [2.05, 4.69) is 20.6 Å². The molecule has 40 heavy (non-hydrogen) atoms. The van der Waals surface area contributed by atoms with Gasteiger partial charge in [0.15, 0.2) is 5.65 Å². The van der Waals surface area contributed by atoms with Gasteiger partial charge in [0, 0.05) is 31.0 Å². The second-order valence-electron chi connectivity index (χ2n) is 9.64. The van der Waals surface area contributed by atoms with E-state index in [1.165, 1.54) is 24.7 Å². The first-order chi connectivity index (χ1) is 19.0. The number of likely N-dealkylation sites (tertiary alicyclic amines) is 1. The average molecular weight is 573 g/mol. The molecule has 0 unspecified atom stereocenters. The molecule has 2 aromatic carbocycles. The third-order valence-corrected chi connectivity index (χ3v) is 8.48. The maximum atomic E-state index is 13.2. The quantitative estimate of drug-likeness (QED) is 0.335. The summed E-state index contributed by atoms with van der Waals surface area (Å²) in [6.45, 7) is 2.76. The van der Waals surface area contributed by atoms with Gasteiger partial charge >= 0.3 is 6.18 Å². The molecular weight excluding hydrogens is 545 g/mol. The predicted octanol–water partition coefficient (Wildman–Crippen LogP) is 4.51. The molecule has 13 heteroatoms. The third-order valence-electron chi connectivity index (χ3n) is 6.80. The molecule has 0 radical (unpaired) electrons. The molecule has 1 atom stereocenters. The predicted molar refractivity (Wildman–Crippen MR) is 144 cm³/mol. The van der Waals surface area contributed by atoms with Crippen LogP contribution in [0.5, 0.6) is 0 Å². The first-order valence-electron chi connectivity index (χ1n) is 12.6. The Hall–Kier alpha value is -4.13. The number of amides is 1. The Bertz CT molecular complexity index is 1620. The molecule has 0 spiro atoms. The Morgan fingerprint density at radius 2 is 1.77 bits per heavy atom. The van der Waals surface area contributed by atoms with Crippen molar-refractivity contribution in [3.63, 3.8) is 0 Å². The van der Waals surface area contributed by atoms with E-state index in [-0.39, 0.29) is 29.0 Å². The van der Waals surface area contributed by atoms with Gasteiger partial charge in [0.25, 0.3) is 10.0 Å². The van der Waals surface area contributed by atoms with Gasteiger partial charge in [-0.15, -0.1) is 0 Å². The minimum Gasteiger partial charge on any atom is -0.376 e. The van der Waals surface area contributed by atoms with Crippen LogP contribution in [0.15, 0.2) is 72.0 Å². The van der Waals surface area contributed by atoms with E-state index in [0.717, 1.165) is 34.5 Å². The van der Waals surface area contributed by atoms with Crippen molar-refractivity contribution in [1.82, 2.24) is 18.8 Å². The summed E-state index contributed by atoms with van der Waals surface area (Å²) in [4.78, 5) is 23.2. The molecule has 1 amide bonds. The Kier molecular flexibility index (Phi) is 7.41. The summed E-state index contributed by atoms with van der Waals surface area (Å²) in [5, 5.41) is 6.75. The number of nitrogens with zero attached hydrogens (tertiary/aromatic N) is 4. The smallest absolute Gasteiger partial charge is 0.376 e. The zero-order valence-electron chi connectivity index (χ0n) is 21.5. The summed E-state index contributed by atoms with van der Waals surface area (Å²) < 4.78 is 65.9. The fourth-order valence-corrected chi connectivity index (χ4v) is 5.94. The largest absolute Gasteiger partial charge is 0.416 e. The fraction of sp³-hybridized carbons (Fsp3) is 0.296. The minimum atomic E-state index is -4.42. The second-order valence-corrected chi connectivity index (χ2v) is 11.5. The summed E-state index contributed by atoms with van der Waals surface area (Å²) in [6.07, 6.45) is -0.170. The highest BCUT2D eigenvalue weighted by atomic mass is 32.2. The molecule has 0 saturated carbocycles. The van der Waals surface area contributed by atoms with Gasteiger partial charge in [0.05, 0.1) is 22.4 Å². The highest BCUT2D eigenvalue weighted by molar-refractivity contribution is 7.90. The first kappa shape index (κ1) is 27.4. The van der Waals surface area contributed by atoms with Gasteiger partial charge in [0.2, 0.25) is 5.91 Å². The maximum Gasteiger partial charge on any atom is 0.416 e. The number of rotatable bonds is 7. The van der Waals surface area contributed by atoms with Crippen molar-refractivity contribution >= 4 is 38.5 Å². The monoisotopic (exact) mass is 572 g/mol. The molecular formula is C27H27F3N6O3S. The number of hydrogen-bond acceptors (Lipinski definition) is 7. The van der Waals surface area contributed by atoms with Crippen LogP contribution in [-0.2, 0) is 21.0 Å². The van der Waals surface area contributed by atoms with Crippen molar-refractivity contribution in [3.8, 4) is 0 Å². The number of fused-ring (bicyclic) bond motifs is 1. The molecule has 1 aliphatic rings. The molecule has 2 N–H and O–H groups in total. The molecule has 0 aliphatic carbocycles. The van der Waals surface area contributed by atoms with Crippen molar-refractivity contribution in [2.75, 3.05) is 30.3 Å². The van der Waals surface area contributed by atoms with Crippen molar-refractivity contribution in [1.29, 1.82) is 0 Å². The molecule has 1 aliphatic heterocycles. The summed E-state index contributed by atoms with van der Waals surface area (Å²) >= 11 is 0. The fourth-order valence-electron chi connectivity index (χ4n) is 4.64. The van der Waals surface area contributed by atoms with Crippen LogP contribution in [0, 0.1) is 6.92 Å². The second kappa shape index (κ2) is 10.8. The maximum absolute atomic E-state index is 13.2. The Balaban J connectivity index is 1.25. The summed E-state index contributed by atoms with van der Waals surface area (Å²) in [7, 11) is -3.86. The van der Waals surface area contributed by atoms with Crippen LogP contribution in [0.2, 0.25) is 0 Å². The number of piperidine rings is 1. The SMILES string of the molecule is Cc1ccc(S(=O)(=O)n2ccc3c(N[C@H]4CCCN(C(=O)CNc5ccc(C(F)(F)F)cc5)C4)ncnc32)cc1. The van der Waals surface area contributed by atoms with E-state index in [1.807, 2.05) is 6.92 Å². The lowest BCUT2D eigenvalue weighted by Gasteiger charge is -2.33. The normalized spacial score (nSPS) is 16.2. The van der Waals surface area contributed by atoms with Crippen molar-refractivity contribution in [3.05, 3.63) is 78.2 Å². The molecule has 9 nitrogen and oxygen atoms in total. The number of anilines is 2. The zero-order valence-corrected chi connectivity index (χ0v) is 22.3. The standard InChI is InChI=1S/C27H27F3N6O3S/c1-18-4-10-22(11-5-18)40(38,39)36-14-12-23-25(32-17-33-26(23)36)34-21-3-2-13-35(16-21)24(37)15-31-20-8-6-19(7-9-20)27(28,29)30/h4-12,14,17,21,31H,2-3,13,15-16H2,1H3,(H,32,33,34)/t21-/m0/s1. The molecule has 1 fully saturated rings. The molecule has 0 bridgehead atoms. The molecule has 1 saturated heterocycles. The molecule has 5 rings (SSSR count). The van der Waals surface area contributed by atoms with Crippen molar-refractivity contribution in [2.24, 2.45) is 0 Å². The Morgan fingerprint density at radius 1 is 1.05 bits per heavy atom. The van der Waals surface area contributed by atoms with Crippen LogP contribution < -0.4 is 10.6 Å². The van der Waals surface area contributed by atoms with E-state index in [9.17, 15) is 26.4 Å². The van der Waals surface area contributed by atoms with Crippen LogP contribution in [0.1, 0.15) is 24.0 Å². The molecule has 210 valence electrons. The summed E-state index contributed by atoms with van der Waals surface area (Å²) in [6, 6.07) is 12.6. The Morgan fingerprint density at radius 3 is 2.48 bits per heavy atom. The van der Waals surface area contributed by atoms with E-state index in [4.69, 9.17) is 0 Å². The van der Waals surface area contributed by atoms with Gasteiger partial charge < -0.3 is 15.5 Å². The van der Waals surface area contributed by atoms with Crippen LogP contribution >= 0.6 is 0 Å². The topological polar surface area (TPSA) is 109 Å². The number of hydrogen-bond donors (Lipinski definition) is 2.